The molecule has 0 aliphatic heterocycles. The summed E-state index contributed by atoms with van der Waals surface area (Å²) >= 11 is 0. The maximum Gasteiger partial charge on any atom is 0.337 e. The summed E-state index contributed by atoms with van der Waals surface area (Å²) in [6.07, 6.45) is 4.09. The van der Waals surface area contributed by atoms with E-state index >= 15 is 0 Å². The monoisotopic (exact) mass is 279 g/mol. The number of carbonyl (C=O) groups is 2. The van der Waals surface area contributed by atoms with Crippen LogP contribution in [0.1, 0.15) is 36.0 Å². The fraction of sp³-hybridized carbons (Fsp3) is 0.500. The summed E-state index contributed by atoms with van der Waals surface area (Å²) in [6, 6.07) is 2.49. The van der Waals surface area contributed by atoms with Gasteiger partial charge in [0.2, 0.25) is 0 Å². The molecule has 0 amide bonds. The summed E-state index contributed by atoms with van der Waals surface area (Å²) in [5, 5.41) is 8.87. The molecule has 0 bridgehead atoms. The van der Waals surface area contributed by atoms with Crippen molar-refractivity contribution in [3.63, 3.8) is 0 Å². The van der Waals surface area contributed by atoms with E-state index in [0.29, 0.717) is 6.42 Å². The van der Waals surface area contributed by atoms with Gasteiger partial charge in [0, 0.05) is 25.2 Å². The van der Waals surface area contributed by atoms with Crippen LogP contribution in [0.4, 0.5) is 0 Å². The van der Waals surface area contributed by atoms with Crippen molar-refractivity contribution in [2.24, 2.45) is 0 Å². The predicted molar refractivity (Wildman–Crippen MR) is 70.9 cm³/mol. The molecule has 0 saturated heterocycles. The second kappa shape index (κ2) is 6.47. The van der Waals surface area contributed by atoms with Crippen LogP contribution in [-0.2, 0) is 16.1 Å². The summed E-state index contributed by atoms with van der Waals surface area (Å²) in [4.78, 5) is 34.0. The lowest BCUT2D eigenvalue weighted by atomic mass is 9.96. The molecule has 1 aliphatic carbocycles. The van der Waals surface area contributed by atoms with Crippen LogP contribution in [0.25, 0.3) is 0 Å². The number of aromatic carboxylic acids is 1. The lowest BCUT2D eigenvalue weighted by Gasteiger charge is -2.21. The molecule has 0 spiro atoms. The zero-order valence-corrected chi connectivity index (χ0v) is 11.1. The van der Waals surface area contributed by atoms with Crippen LogP contribution in [0.15, 0.2) is 23.1 Å². The molecule has 6 nitrogen and oxygen atoms in total. The average molecular weight is 279 g/mol. The van der Waals surface area contributed by atoms with Gasteiger partial charge in [-0.25, -0.2) is 4.79 Å². The molecule has 6 heteroatoms. The Morgan fingerprint density at radius 3 is 2.85 bits per heavy atom. The van der Waals surface area contributed by atoms with Crippen molar-refractivity contribution in [3.05, 3.63) is 34.2 Å². The van der Waals surface area contributed by atoms with Gasteiger partial charge in [-0.3, -0.25) is 9.59 Å². The van der Waals surface area contributed by atoms with Crippen molar-refractivity contribution >= 4 is 11.8 Å². The number of ether oxygens (including phenoxy) is 1. The normalized spacial score (nSPS) is 19.0. The molecule has 2 rings (SSSR count). The first-order valence-electron chi connectivity index (χ1n) is 6.66. The maximum absolute atomic E-state index is 11.6. The first-order chi connectivity index (χ1) is 9.58. The minimum absolute atomic E-state index is 0.0540. The zero-order valence-electron chi connectivity index (χ0n) is 11.1. The number of hydrogen-bond donors (Lipinski definition) is 1. The molecule has 1 fully saturated rings. The Balaban J connectivity index is 1.93. The third kappa shape index (κ3) is 3.54. The van der Waals surface area contributed by atoms with E-state index in [9.17, 15) is 14.4 Å². The van der Waals surface area contributed by atoms with Crippen molar-refractivity contribution in [2.75, 3.05) is 6.61 Å². The molecule has 1 atom stereocenters. The Labute approximate surface area is 116 Å². The highest BCUT2D eigenvalue weighted by Crippen LogP contribution is 2.17. The standard InChI is InChI=1S/C14H17NO5/c16-11-3-1-2-4-12(11)20-8-7-15-9-10(14(18)19)5-6-13(15)17/h5-6,9,12H,1-4,7-8H2,(H,18,19). The molecule has 1 unspecified atom stereocenters. The summed E-state index contributed by atoms with van der Waals surface area (Å²) < 4.78 is 6.79. The molecule has 0 aromatic carbocycles. The highest BCUT2D eigenvalue weighted by Gasteiger charge is 2.22. The molecular weight excluding hydrogens is 262 g/mol. The van der Waals surface area contributed by atoms with Gasteiger partial charge in [-0.2, -0.15) is 0 Å². The van der Waals surface area contributed by atoms with E-state index in [0.717, 1.165) is 19.3 Å². The van der Waals surface area contributed by atoms with E-state index in [1.165, 1.54) is 22.9 Å². The lowest BCUT2D eigenvalue weighted by Crippen LogP contribution is -2.30. The Bertz CT molecular complexity index is 563. The highest BCUT2D eigenvalue weighted by molar-refractivity contribution is 5.87. The predicted octanol–water partition coefficient (Wildman–Crippen LogP) is 1.07. The number of hydrogen-bond acceptors (Lipinski definition) is 4. The second-order valence-electron chi connectivity index (χ2n) is 4.83. The molecule has 1 heterocycles. The number of rotatable bonds is 5. The summed E-state index contributed by atoms with van der Waals surface area (Å²) in [7, 11) is 0. The highest BCUT2D eigenvalue weighted by atomic mass is 16.5. The quantitative estimate of drug-likeness (QED) is 0.871. The van der Waals surface area contributed by atoms with Gasteiger partial charge in [-0.1, -0.05) is 0 Å². The number of carbonyl (C=O) groups excluding carboxylic acids is 1. The van der Waals surface area contributed by atoms with Gasteiger partial charge >= 0.3 is 5.97 Å². The van der Waals surface area contributed by atoms with Crippen LogP contribution in [0.3, 0.4) is 0 Å². The van der Waals surface area contributed by atoms with Gasteiger partial charge in [-0.15, -0.1) is 0 Å². The first-order valence-corrected chi connectivity index (χ1v) is 6.66. The van der Waals surface area contributed by atoms with Crippen molar-refractivity contribution in [1.82, 2.24) is 4.57 Å². The Kier molecular flexibility index (Phi) is 4.68. The van der Waals surface area contributed by atoms with E-state index in [1.807, 2.05) is 0 Å². The van der Waals surface area contributed by atoms with Crippen LogP contribution in [0.5, 0.6) is 0 Å². The molecule has 0 radical (unpaired) electrons. The van der Waals surface area contributed by atoms with Crippen molar-refractivity contribution in [1.29, 1.82) is 0 Å². The lowest BCUT2D eigenvalue weighted by molar-refractivity contribution is -0.133. The molecule has 1 aromatic rings. The third-order valence-electron chi connectivity index (χ3n) is 3.38. The number of Topliss-reactive ketones (excluding diaryl/α,β-unsaturated/α-hetero) is 1. The van der Waals surface area contributed by atoms with Crippen molar-refractivity contribution < 1.29 is 19.4 Å². The van der Waals surface area contributed by atoms with Gasteiger partial charge in [0.25, 0.3) is 5.56 Å². The number of nitrogens with zero attached hydrogens (tertiary/aromatic N) is 1. The van der Waals surface area contributed by atoms with Crippen LogP contribution < -0.4 is 5.56 Å². The molecule has 1 aliphatic rings. The van der Waals surface area contributed by atoms with E-state index in [4.69, 9.17) is 9.84 Å². The molecule has 1 N–H and O–H groups in total. The number of aromatic nitrogens is 1. The van der Waals surface area contributed by atoms with Gasteiger partial charge in [0.1, 0.15) is 6.10 Å². The number of pyridine rings is 1. The van der Waals surface area contributed by atoms with E-state index in [1.54, 1.807) is 0 Å². The molecule has 108 valence electrons. The van der Waals surface area contributed by atoms with Gasteiger partial charge in [0.15, 0.2) is 5.78 Å². The fourth-order valence-electron chi connectivity index (χ4n) is 2.25. The topological polar surface area (TPSA) is 85.6 Å². The van der Waals surface area contributed by atoms with E-state index in [-0.39, 0.29) is 36.2 Å². The third-order valence-corrected chi connectivity index (χ3v) is 3.38. The van der Waals surface area contributed by atoms with Crippen LogP contribution in [0.2, 0.25) is 0 Å². The minimum atomic E-state index is -1.08. The SMILES string of the molecule is O=C(O)c1ccc(=O)n(CCOC2CCCCC2=O)c1. The Hall–Kier alpha value is -1.95. The largest absolute Gasteiger partial charge is 0.478 e. The van der Waals surface area contributed by atoms with Crippen LogP contribution >= 0.6 is 0 Å². The maximum atomic E-state index is 11.6. The average Bonchev–Trinajstić information content (AvgIpc) is 2.42. The van der Waals surface area contributed by atoms with Gasteiger partial charge in [0.05, 0.1) is 12.2 Å². The Morgan fingerprint density at radius 1 is 1.35 bits per heavy atom. The van der Waals surface area contributed by atoms with E-state index < -0.39 is 5.97 Å². The Morgan fingerprint density at radius 2 is 2.15 bits per heavy atom. The summed E-state index contributed by atoms with van der Waals surface area (Å²) in [6.45, 7) is 0.461. The van der Waals surface area contributed by atoms with Crippen LogP contribution in [-0.4, -0.2) is 34.1 Å². The fourth-order valence-corrected chi connectivity index (χ4v) is 2.25. The van der Waals surface area contributed by atoms with Gasteiger partial charge in [-0.05, 0) is 25.3 Å². The summed E-state index contributed by atoms with van der Waals surface area (Å²) in [5.74, 6) is -0.968. The van der Waals surface area contributed by atoms with Crippen LogP contribution in [0, 0.1) is 0 Å². The number of ketones is 1. The first kappa shape index (κ1) is 14.5. The van der Waals surface area contributed by atoms with Crippen molar-refractivity contribution in [3.8, 4) is 0 Å². The molecule has 1 saturated carbocycles. The zero-order chi connectivity index (χ0) is 14.5. The molecule has 1 aromatic heterocycles. The van der Waals surface area contributed by atoms with E-state index in [2.05, 4.69) is 0 Å². The van der Waals surface area contributed by atoms with Gasteiger partial charge < -0.3 is 14.4 Å². The summed E-state index contributed by atoms with van der Waals surface area (Å²) in [5.41, 5.74) is -0.230. The smallest absolute Gasteiger partial charge is 0.337 e. The number of carboxylic acids is 1. The minimum Gasteiger partial charge on any atom is -0.478 e. The molecular formula is C14H17NO5. The molecule has 20 heavy (non-hydrogen) atoms. The second-order valence-corrected chi connectivity index (χ2v) is 4.83. The number of carboxylic acid groups (broad SMARTS) is 1. The van der Waals surface area contributed by atoms with Crippen molar-refractivity contribution in [2.45, 2.75) is 38.3 Å².